The summed E-state index contributed by atoms with van der Waals surface area (Å²) in [5.41, 5.74) is 4.70. The van der Waals surface area contributed by atoms with Crippen molar-refractivity contribution in [3.05, 3.63) is 65.5 Å². The Kier molecular flexibility index (Phi) is 4.42. The van der Waals surface area contributed by atoms with E-state index in [1.54, 1.807) is 0 Å². The zero-order chi connectivity index (χ0) is 16.2. The van der Waals surface area contributed by atoms with E-state index in [2.05, 4.69) is 47.1 Å². The van der Waals surface area contributed by atoms with Gasteiger partial charge in [-0.25, -0.2) is 4.98 Å². The standard InChI is InChI=1S/C19H21N3O/c1-14-7-3-4-8-16(14)13-22-18-10-6-5-9-17(18)21-19(22)11-12-20-15(2)23/h3-10H,11-13H2,1-2H3,(H,20,23). The van der Waals surface area contributed by atoms with Gasteiger partial charge in [-0.3, -0.25) is 4.79 Å². The molecule has 0 radical (unpaired) electrons. The van der Waals surface area contributed by atoms with E-state index in [1.165, 1.54) is 18.1 Å². The Morgan fingerprint density at radius 1 is 1.13 bits per heavy atom. The third kappa shape index (κ3) is 3.42. The number of hydrogen-bond acceptors (Lipinski definition) is 2. The Balaban J connectivity index is 1.95. The average Bonchev–Trinajstić information content (AvgIpc) is 2.87. The highest BCUT2D eigenvalue weighted by Gasteiger charge is 2.11. The van der Waals surface area contributed by atoms with Crippen molar-refractivity contribution in [2.45, 2.75) is 26.8 Å². The highest BCUT2D eigenvalue weighted by atomic mass is 16.1. The summed E-state index contributed by atoms with van der Waals surface area (Å²) in [6, 6.07) is 16.6. The second-order valence-corrected chi connectivity index (χ2v) is 5.76. The quantitative estimate of drug-likeness (QED) is 0.787. The first-order chi connectivity index (χ1) is 11.1. The Morgan fingerprint density at radius 3 is 2.65 bits per heavy atom. The Bertz CT molecular complexity index is 836. The number of aromatic nitrogens is 2. The molecule has 0 unspecified atom stereocenters. The van der Waals surface area contributed by atoms with Crippen LogP contribution in [0.4, 0.5) is 0 Å². The lowest BCUT2D eigenvalue weighted by molar-refractivity contribution is -0.118. The van der Waals surface area contributed by atoms with Gasteiger partial charge in [-0.15, -0.1) is 0 Å². The van der Waals surface area contributed by atoms with Gasteiger partial charge in [0.25, 0.3) is 0 Å². The van der Waals surface area contributed by atoms with Crippen LogP contribution < -0.4 is 5.32 Å². The van der Waals surface area contributed by atoms with E-state index in [0.717, 1.165) is 29.8 Å². The number of nitrogens with one attached hydrogen (secondary N) is 1. The molecule has 3 rings (SSSR count). The van der Waals surface area contributed by atoms with Crippen LogP contribution in [0.1, 0.15) is 23.9 Å². The van der Waals surface area contributed by atoms with Crippen molar-refractivity contribution in [1.29, 1.82) is 0 Å². The van der Waals surface area contributed by atoms with Gasteiger partial charge in [0.15, 0.2) is 0 Å². The Hall–Kier alpha value is -2.62. The number of carbonyl (C=O) groups excluding carboxylic acids is 1. The first-order valence-corrected chi connectivity index (χ1v) is 7.88. The van der Waals surface area contributed by atoms with Gasteiger partial charge in [0.1, 0.15) is 5.82 Å². The van der Waals surface area contributed by atoms with Crippen molar-refractivity contribution in [2.24, 2.45) is 0 Å². The minimum Gasteiger partial charge on any atom is -0.356 e. The third-order valence-electron chi connectivity index (χ3n) is 4.05. The molecule has 2 aromatic carbocycles. The van der Waals surface area contributed by atoms with Crippen LogP contribution in [-0.2, 0) is 17.8 Å². The topological polar surface area (TPSA) is 46.9 Å². The average molecular weight is 307 g/mol. The molecule has 4 heteroatoms. The molecule has 0 spiro atoms. The molecule has 1 amide bonds. The lowest BCUT2D eigenvalue weighted by Gasteiger charge is -2.11. The van der Waals surface area contributed by atoms with Crippen molar-refractivity contribution in [1.82, 2.24) is 14.9 Å². The lowest BCUT2D eigenvalue weighted by atomic mass is 10.1. The van der Waals surface area contributed by atoms with E-state index in [0.29, 0.717) is 6.54 Å². The van der Waals surface area contributed by atoms with E-state index in [-0.39, 0.29) is 5.91 Å². The van der Waals surface area contributed by atoms with Crippen LogP contribution >= 0.6 is 0 Å². The fourth-order valence-corrected chi connectivity index (χ4v) is 2.80. The van der Waals surface area contributed by atoms with E-state index >= 15 is 0 Å². The molecular weight excluding hydrogens is 286 g/mol. The molecule has 1 heterocycles. The molecule has 0 aliphatic carbocycles. The maximum Gasteiger partial charge on any atom is 0.216 e. The van der Waals surface area contributed by atoms with Crippen molar-refractivity contribution >= 4 is 16.9 Å². The molecule has 4 nitrogen and oxygen atoms in total. The number of imidazole rings is 1. The molecule has 23 heavy (non-hydrogen) atoms. The van der Waals surface area contributed by atoms with Crippen molar-refractivity contribution in [3.8, 4) is 0 Å². The maximum absolute atomic E-state index is 11.1. The molecule has 0 saturated carbocycles. The maximum atomic E-state index is 11.1. The summed E-state index contributed by atoms with van der Waals surface area (Å²) in [6.07, 6.45) is 0.722. The highest BCUT2D eigenvalue weighted by molar-refractivity contribution is 5.76. The molecule has 0 aliphatic heterocycles. The zero-order valence-electron chi connectivity index (χ0n) is 13.5. The van der Waals surface area contributed by atoms with Crippen LogP contribution in [0.5, 0.6) is 0 Å². The fraction of sp³-hybridized carbons (Fsp3) is 0.263. The molecular formula is C19H21N3O. The number of carbonyl (C=O) groups is 1. The number of aryl methyl sites for hydroxylation is 1. The third-order valence-corrected chi connectivity index (χ3v) is 4.05. The molecule has 0 fully saturated rings. The monoisotopic (exact) mass is 307 g/mol. The van der Waals surface area contributed by atoms with Crippen molar-refractivity contribution in [2.75, 3.05) is 6.54 Å². The van der Waals surface area contributed by atoms with Crippen LogP contribution in [-0.4, -0.2) is 22.0 Å². The number of fused-ring (bicyclic) bond motifs is 1. The van der Waals surface area contributed by atoms with E-state index in [9.17, 15) is 4.79 Å². The summed E-state index contributed by atoms with van der Waals surface area (Å²) in [6.45, 7) is 5.07. The highest BCUT2D eigenvalue weighted by Crippen LogP contribution is 2.19. The molecule has 1 N–H and O–H groups in total. The molecule has 3 aromatic rings. The van der Waals surface area contributed by atoms with Crippen LogP contribution in [0.25, 0.3) is 11.0 Å². The van der Waals surface area contributed by atoms with Crippen LogP contribution in [0, 0.1) is 6.92 Å². The second-order valence-electron chi connectivity index (χ2n) is 5.76. The molecule has 0 atom stereocenters. The van der Waals surface area contributed by atoms with Gasteiger partial charge < -0.3 is 9.88 Å². The molecule has 118 valence electrons. The van der Waals surface area contributed by atoms with Gasteiger partial charge in [0.05, 0.1) is 11.0 Å². The van der Waals surface area contributed by atoms with Gasteiger partial charge >= 0.3 is 0 Å². The second kappa shape index (κ2) is 6.65. The predicted octanol–water partition coefficient (Wildman–Crippen LogP) is 3.07. The van der Waals surface area contributed by atoms with Crippen molar-refractivity contribution < 1.29 is 4.79 Å². The van der Waals surface area contributed by atoms with Gasteiger partial charge in [0, 0.05) is 26.4 Å². The number of hydrogen-bond donors (Lipinski definition) is 1. The first-order valence-electron chi connectivity index (χ1n) is 7.88. The summed E-state index contributed by atoms with van der Waals surface area (Å²) in [5.74, 6) is 0.995. The Labute approximate surface area is 136 Å². The van der Waals surface area contributed by atoms with E-state index < -0.39 is 0 Å². The number of amides is 1. The van der Waals surface area contributed by atoms with E-state index in [4.69, 9.17) is 4.98 Å². The normalized spacial score (nSPS) is 10.9. The number of para-hydroxylation sites is 2. The summed E-state index contributed by atoms with van der Waals surface area (Å²) in [7, 11) is 0. The van der Waals surface area contributed by atoms with Crippen LogP contribution in [0.15, 0.2) is 48.5 Å². The van der Waals surface area contributed by atoms with Crippen LogP contribution in [0.2, 0.25) is 0 Å². The molecule has 1 aromatic heterocycles. The first kappa shape index (κ1) is 15.3. The minimum absolute atomic E-state index is 0.00781. The summed E-state index contributed by atoms with van der Waals surface area (Å²) >= 11 is 0. The predicted molar refractivity (Wildman–Crippen MR) is 92.4 cm³/mol. The zero-order valence-corrected chi connectivity index (χ0v) is 13.5. The van der Waals surface area contributed by atoms with E-state index in [1.807, 2.05) is 18.2 Å². The summed E-state index contributed by atoms with van der Waals surface area (Å²) < 4.78 is 2.25. The lowest BCUT2D eigenvalue weighted by Crippen LogP contribution is -2.23. The van der Waals surface area contributed by atoms with Crippen molar-refractivity contribution in [3.63, 3.8) is 0 Å². The minimum atomic E-state index is -0.00781. The Morgan fingerprint density at radius 2 is 1.87 bits per heavy atom. The smallest absolute Gasteiger partial charge is 0.216 e. The van der Waals surface area contributed by atoms with Gasteiger partial charge in [-0.1, -0.05) is 36.4 Å². The summed E-state index contributed by atoms with van der Waals surface area (Å²) in [5, 5.41) is 2.85. The van der Waals surface area contributed by atoms with Crippen LogP contribution in [0.3, 0.4) is 0 Å². The summed E-state index contributed by atoms with van der Waals surface area (Å²) in [4.78, 5) is 15.8. The van der Waals surface area contributed by atoms with Gasteiger partial charge in [-0.05, 0) is 30.2 Å². The number of nitrogens with zero attached hydrogens (tertiary/aromatic N) is 2. The number of benzene rings is 2. The van der Waals surface area contributed by atoms with Gasteiger partial charge in [0.2, 0.25) is 5.91 Å². The molecule has 0 aliphatic rings. The molecule has 0 saturated heterocycles. The molecule has 0 bridgehead atoms. The number of rotatable bonds is 5. The fourth-order valence-electron chi connectivity index (χ4n) is 2.80. The SMILES string of the molecule is CC(=O)NCCc1nc2ccccc2n1Cc1ccccc1C. The largest absolute Gasteiger partial charge is 0.356 e. The van der Waals surface area contributed by atoms with Gasteiger partial charge in [-0.2, -0.15) is 0 Å².